The largest absolute Gasteiger partial charge is 0.507 e. The molecule has 1 aromatic rings. The Kier molecular flexibility index (Phi) is 6.73. The number of hydrogen-bond donors (Lipinski definition) is 2. The predicted molar refractivity (Wildman–Crippen MR) is 96.2 cm³/mol. The third-order valence-corrected chi connectivity index (χ3v) is 4.55. The van der Waals surface area contributed by atoms with Gasteiger partial charge in [0, 0.05) is 17.2 Å². The molecule has 0 bridgehead atoms. The van der Waals surface area contributed by atoms with Crippen LogP contribution in [0.3, 0.4) is 0 Å². The second-order valence-electron chi connectivity index (χ2n) is 6.41. The summed E-state index contributed by atoms with van der Waals surface area (Å²) in [6.45, 7) is 4.79. The molecule has 1 aliphatic rings. The first-order chi connectivity index (χ1) is 11.6. The van der Waals surface area contributed by atoms with Crippen LogP contribution in [0.1, 0.15) is 68.3 Å². The Balaban J connectivity index is 1.97. The maximum Gasteiger partial charge on any atom is 0.234 e. The van der Waals surface area contributed by atoms with Crippen molar-refractivity contribution < 1.29 is 14.7 Å². The van der Waals surface area contributed by atoms with E-state index in [2.05, 4.69) is 12.2 Å². The SMILES string of the molecule is CCCCCCCCNC(C)C1=C(O)c2ccccc2C(=O)C1=O. The minimum atomic E-state index is -0.603. The van der Waals surface area contributed by atoms with Gasteiger partial charge in [0.05, 0.1) is 5.57 Å². The molecule has 0 spiro atoms. The van der Waals surface area contributed by atoms with E-state index in [1.165, 1.54) is 25.7 Å². The Hall–Kier alpha value is -1.94. The van der Waals surface area contributed by atoms with Gasteiger partial charge in [0.25, 0.3) is 0 Å². The van der Waals surface area contributed by atoms with E-state index < -0.39 is 11.6 Å². The molecule has 0 aliphatic heterocycles. The highest BCUT2D eigenvalue weighted by molar-refractivity contribution is 6.52. The Morgan fingerprint density at radius 3 is 2.29 bits per heavy atom. The van der Waals surface area contributed by atoms with E-state index in [0.29, 0.717) is 5.56 Å². The molecule has 0 saturated heterocycles. The van der Waals surface area contributed by atoms with Crippen LogP contribution in [0.2, 0.25) is 0 Å². The van der Waals surface area contributed by atoms with Gasteiger partial charge < -0.3 is 10.4 Å². The zero-order valence-corrected chi connectivity index (χ0v) is 14.6. The van der Waals surface area contributed by atoms with Gasteiger partial charge in [-0.15, -0.1) is 0 Å². The summed E-state index contributed by atoms with van der Waals surface area (Å²) in [6.07, 6.45) is 7.19. The first kappa shape index (κ1) is 18.4. The number of aliphatic hydroxyl groups is 1. The van der Waals surface area contributed by atoms with Crippen LogP contribution in [0.25, 0.3) is 5.76 Å². The highest BCUT2D eigenvalue weighted by atomic mass is 16.3. The molecule has 1 unspecified atom stereocenters. The number of carbonyl (C=O) groups is 2. The fourth-order valence-corrected chi connectivity index (χ4v) is 3.11. The van der Waals surface area contributed by atoms with E-state index in [9.17, 15) is 14.7 Å². The van der Waals surface area contributed by atoms with Crippen molar-refractivity contribution in [2.45, 2.75) is 58.4 Å². The summed E-state index contributed by atoms with van der Waals surface area (Å²) in [6, 6.07) is 6.37. The summed E-state index contributed by atoms with van der Waals surface area (Å²) in [5.41, 5.74) is 0.918. The Bertz CT molecular complexity index is 634. The first-order valence-corrected chi connectivity index (χ1v) is 8.92. The molecule has 2 rings (SSSR count). The van der Waals surface area contributed by atoms with Gasteiger partial charge in [-0.05, 0) is 19.9 Å². The van der Waals surface area contributed by atoms with E-state index in [1.54, 1.807) is 24.3 Å². The Labute approximate surface area is 144 Å². The van der Waals surface area contributed by atoms with Crippen molar-refractivity contribution in [2.24, 2.45) is 0 Å². The normalized spacial score (nSPS) is 15.6. The number of fused-ring (bicyclic) bond motifs is 1. The molecule has 0 fully saturated rings. The maximum atomic E-state index is 12.3. The van der Waals surface area contributed by atoms with Crippen molar-refractivity contribution in [3.8, 4) is 0 Å². The molecule has 0 aromatic heterocycles. The summed E-state index contributed by atoms with van der Waals surface area (Å²) in [5.74, 6) is -1.21. The van der Waals surface area contributed by atoms with E-state index in [0.717, 1.165) is 19.4 Å². The van der Waals surface area contributed by atoms with Crippen LogP contribution >= 0.6 is 0 Å². The number of ketones is 2. The van der Waals surface area contributed by atoms with Gasteiger partial charge in [-0.25, -0.2) is 0 Å². The van der Waals surface area contributed by atoms with Gasteiger partial charge in [0.2, 0.25) is 11.6 Å². The standard InChI is InChI=1S/C20H27NO3/c1-3-4-5-6-7-10-13-21-14(2)17-18(22)15-11-8-9-12-16(15)19(23)20(17)24/h8-9,11-12,14,21-22H,3-7,10,13H2,1-2H3. The van der Waals surface area contributed by atoms with Gasteiger partial charge in [0.1, 0.15) is 5.76 Å². The average Bonchev–Trinajstić information content (AvgIpc) is 2.59. The van der Waals surface area contributed by atoms with Crippen molar-refractivity contribution >= 4 is 17.3 Å². The van der Waals surface area contributed by atoms with Gasteiger partial charge >= 0.3 is 0 Å². The van der Waals surface area contributed by atoms with Crippen LogP contribution < -0.4 is 5.32 Å². The number of benzene rings is 1. The van der Waals surface area contributed by atoms with Gasteiger partial charge in [-0.1, -0.05) is 63.3 Å². The van der Waals surface area contributed by atoms with E-state index in [1.807, 2.05) is 6.92 Å². The summed E-state index contributed by atoms with van der Waals surface area (Å²) >= 11 is 0. The van der Waals surface area contributed by atoms with Crippen molar-refractivity contribution in [3.63, 3.8) is 0 Å². The lowest BCUT2D eigenvalue weighted by molar-refractivity contribution is -0.112. The van der Waals surface area contributed by atoms with Crippen molar-refractivity contribution in [3.05, 3.63) is 41.0 Å². The molecule has 1 atom stereocenters. The molecule has 4 heteroatoms. The van der Waals surface area contributed by atoms with Crippen LogP contribution in [-0.4, -0.2) is 29.3 Å². The Morgan fingerprint density at radius 2 is 1.58 bits per heavy atom. The van der Waals surface area contributed by atoms with Crippen LogP contribution in [0.15, 0.2) is 29.8 Å². The third kappa shape index (κ3) is 4.12. The van der Waals surface area contributed by atoms with E-state index >= 15 is 0 Å². The number of unbranched alkanes of at least 4 members (excludes halogenated alkanes) is 5. The highest BCUT2D eigenvalue weighted by Gasteiger charge is 2.34. The Morgan fingerprint density at radius 1 is 0.958 bits per heavy atom. The molecule has 2 N–H and O–H groups in total. The number of Topliss-reactive ketones (excluding diaryl/α,β-unsaturated/α-hetero) is 2. The lowest BCUT2D eigenvalue weighted by Gasteiger charge is -2.22. The lowest BCUT2D eigenvalue weighted by atomic mass is 9.85. The summed E-state index contributed by atoms with van der Waals surface area (Å²) in [5, 5.41) is 13.7. The molecule has 0 heterocycles. The molecule has 0 radical (unpaired) electrons. The maximum absolute atomic E-state index is 12.3. The zero-order chi connectivity index (χ0) is 17.5. The van der Waals surface area contributed by atoms with E-state index in [-0.39, 0.29) is 22.9 Å². The molecule has 1 aliphatic carbocycles. The van der Waals surface area contributed by atoms with Gasteiger partial charge in [0.15, 0.2) is 0 Å². The van der Waals surface area contributed by atoms with Crippen molar-refractivity contribution in [1.82, 2.24) is 5.32 Å². The van der Waals surface area contributed by atoms with Crippen LogP contribution in [0.4, 0.5) is 0 Å². The quantitative estimate of drug-likeness (QED) is 0.529. The number of rotatable bonds is 9. The fraction of sp³-hybridized carbons (Fsp3) is 0.500. The number of carbonyl (C=O) groups excluding carboxylic acids is 2. The second-order valence-corrected chi connectivity index (χ2v) is 6.41. The molecular weight excluding hydrogens is 302 g/mol. The summed E-state index contributed by atoms with van der Waals surface area (Å²) in [4.78, 5) is 24.6. The highest BCUT2D eigenvalue weighted by Crippen LogP contribution is 2.29. The smallest absolute Gasteiger partial charge is 0.234 e. The van der Waals surface area contributed by atoms with E-state index in [4.69, 9.17) is 0 Å². The number of hydrogen-bond acceptors (Lipinski definition) is 4. The topological polar surface area (TPSA) is 66.4 Å². The predicted octanol–water partition coefficient (Wildman–Crippen LogP) is 4.06. The molecule has 0 saturated carbocycles. The molecule has 1 aromatic carbocycles. The fourth-order valence-electron chi connectivity index (χ4n) is 3.11. The molecule has 130 valence electrons. The molecular formula is C20H27NO3. The lowest BCUT2D eigenvalue weighted by Crippen LogP contribution is -2.37. The van der Waals surface area contributed by atoms with Crippen LogP contribution in [-0.2, 0) is 4.79 Å². The van der Waals surface area contributed by atoms with Crippen LogP contribution in [0.5, 0.6) is 0 Å². The van der Waals surface area contributed by atoms with Crippen molar-refractivity contribution in [2.75, 3.05) is 6.54 Å². The monoisotopic (exact) mass is 329 g/mol. The molecule has 24 heavy (non-hydrogen) atoms. The average molecular weight is 329 g/mol. The van der Waals surface area contributed by atoms with Crippen molar-refractivity contribution in [1.29, 1.82) is 0 Å². The number of nitrogens with one attached hydrogen (secondary N) is 1. The zero-order valence-electron chi connectivity index (χ0n) is 14.6. The summed E-state index contributed by atoms with van der Waals surface area (Å²) < 4.78 is 0. The summed E-state index contributed by atoms with van der Waals surface area (Å²) in [7, 11) is 0. The van der Waals surface area contributed by atoms with Gasteiger partial charge in [-0.3, -0.25) is 9.59 Å². The second kappa shape index (κ2) is 8.78. The minimum Gasteiger partial charge on any atom is -0.507 e. The van der Waals surface area contributed by atoms with Crippen LogP contribution in [0, 0.1) is 0 Å². The molecule has 4 nitrogen and oxygen atoms in total. The van der Waals surface area contributed by atoms with Gasteiger partial charge in [-0.2, -0.15) is 0 Å². The number of aliphatic hydroxyl groups excluding tert-OH is 1. The minimum absolute atomic E-state index is 0.0712. The third-order valence-electron chi connectivity index (χ3n) is 4.55. The molecule has 0 amide bonds. The first-order valence-electron chi connectivity index (χ1n) is 8.92.